The third-order valence-electron chi connectivity index (χ3n) is 4.96. The van der Waals surface area contributed by atoms with Gasteiger partial charge in [0.2, 0.25) is 0 Å². The number of carboxylic acids is 1. The van der Waals surface area contributed by atoms with Gasteiger partial charge in [-0.2, -0.15) is 5.10 Å². The number of fused-ring (bicyclic) bond motifs is 1. The number of hydrogen-bond donors (Lipinski definition) is 3. The van der Waals surface area contributed by atoms with Gasteiger partial charge in [-0.25, -0.2) is 9.48 Å². The molecule has 152 valence electrons. The van der Waals surface area contributed by atoms with Crippen LogP contribution in [0.2, 0.25) is 5.02 Å². The number of nitrogens with zero attached hydrogens (tertiary/aromatic N) is 2. The van der Waals surface area contributed by atoms with E-state index in [0.717, 1.165) is 12.0 Å². The molecule has 2 heterocycles. The topological polar surface area (TPSA) is 96.3 Å². The Morgan fingerprint density at radius 2 is 1.93 bits per heavy atom. The van der Waals surface area contributed by atoms with E-state index in [-0.39, 0.29) is 11.3 Å². The van der Waals surface area contributed by atoms with Gasteiger partial charge in [-0.05, 0) is 41.8 Å². The SMILES string of the molecule is CCc1ccc(NC(=O)c2cnn3c2NC(C(=O)O)=C[C@@H]3c2ccccc2Cl)cc1. The minimum Gasteiger partial charge on any atom is -0.477 e. The lowest BCUT2D eigenvalue weighted by molar-refractivity contribution is -0.132. The van der Waals surface area contributed by atoms with Crippen molar-refractivity contribution in [3.05, 3.63) is 88.2 Å². The Morgan fingerprint density at radius 3 is 2.60 bits per heavy atom. The van der Waals surface area contributed by atoms with E-state index in [1.54, 1.807) is 22.9 Å². The van der Waals surface area contributed by atoms with E-state index in [4.69, 9.17) is 11.6 Å². The molecule has 0 radical (unpaired) electrons. The van der Waals surface area contributed by atoms with Crippen molar-refractivity contribution in [2.75, 3.05) is 10.6 Å². The number of allylic oxidation sites excluding steroid dienone is 1. The number of carboxylic acid groups (broad SMARTS) is 1. The van der Waals surface area contributed by atoms with Gasteiger partial charge in [-0.1, -0.05) is 48.9 Å². The van der Waals surface area contributed by atoms with Crippen LogP contribution in [0.1, 0.15) is 34.5 Å². The number of carbonyl (C=O) groups is 2. The molecule has 4 rings (SSSR count). The molecule has 3 N–H and O–H groups in total. The molecule has 1 aromatic heterocycles. The summed E-state index contributed by atoms with van der Waals surface area (Å²) in [6.07, 6.45) is 3.85. The molecule has 1 atom stereocenters. The maximum atomic E-state index is 12.9. The van der Waals surface area contributed by atoms with Gasteiger partial charge in [-0.3, -0.25) is 4.79 Å². The lowest BCUT2D eigenvalue weighted by Crippen LogP contribution is -2.25. The van der Waals surface area contributed by atoms with Gasteiger partial charge in [0, 0.05) is 10.7 Å². The molecule has 1 aliphatic rings. The second-order valence-corrected chi connectivity index (χ2v) is 7.24. The summed E-state index contributed by atoms with van der Waals surface area (Å²) < 4.78 is 1.56. The predicted molar refractivity (Wildman–Crippen MR) is 115 cm³/mol. The summed E-state index contributed by atoms with van der Waals surface area (Å²) in [6.45, 7) is 2.06. The number of carbonyl (C=O) groups excluding carboxylic acids is 1. The molecular weight excluding hydrogens is 404 g/mol. The molecule has 7 nitrogen and oxygen atoms in total. The molecule has 30 heavy (non-hydrogen) atoms. The van der Waals surface area contributed by atoms with E-state index in [1.807, 2.05) is 30.3 Å². The average Bonchev–Trinajstić information content (AvgIpc) is 3.18. The Labute approximate surface area is 178 Å². The monoisotopic (exact) mass is 422 g/mol. The fourth-order valence-electron chi connectivity index (χ4n) is 3.35. The Morgan fingerprint density at radius 1 is 1.20 bits per heavy atom. The number of aromatic nitrogens is 2. The van der Waals surface area contributed by atoms with Crippen LogP contribution in [-0.4, -0.2) is 26.8 Å². The normalized spacial score (nSPS) is 15.0. The highest BCUT2D eigenvalue weighted by Gasteiger charge is 2.30. The standard InChI is InChI=1S/C22H19ClN4O3/c1-2-13-7-9-14(10-8-13)25-21(28)16-12-24-27-19(15-5-3-4-6-17(15)23)11-18(22(29)30)26-20(16)27/h3-12,19,26H,2H2,1H3,(H,25,28)(H,29,30)/t19-/m1/s1. The number of benzene rings is 2. The number of rotatable bonds is 5. The zero-order chi connectivity index (χ0) is 21.3. The van der Waals surface area contributed by atoms with Crippen LogP contribution in [-0.2, 0) is 11.2 Å². The molecule has 3 aromatic rings. The molecule has 0 bridgehead atoms. The molecule has 1 amide bonds. The van der Waals surface area contributed by atoms with Crippen molar-refractivity contribution >= 4 is 35.0 Å². The summed E-state index contributed by atoms with van der Waals surface area (Å²) >= 11 is 6.34. The highest BCUT2D eigenvalue weighted by Crippen LogP contribution is 2.35. The van der Waals surface area contributed by atoms with Gasteiger partial charge >= 0.3 is 5.97 Å². The summed E-state index contributed by atoms with van der Waals surface area (Å²) in [7, 11) is 0. The minimum atomic E-state index is -1.14. The largest absolute Gasteiger partial charge is 0.477 e. The van der Waals surface area contributed by atoms with Crippen LogP contribution in [0.25, 0.3) is 0 Å². The number of nitrogens with one attached hydrogen (secondary N) is 2. The molecule has 0 spiro atoms. The molecule has 8 heteroatoms. The summed E-state index contributed by atoms with van der Waals surface area (Å²) in [5, 5.41) is 20.0. The van der Waals surface area contributed by atoms with E-state index in [0.29, 0.717) is 22.1 Å². The summed E-state index contributed by atoms with van der Waals surface area (Å²) in [6, 6.07) is 14.1. The van der Waals surface area contributed by atoms with Crippen LogP contribution in [0, 0.1) is 0 Å². The second kappa shape index (κ2) is 8.04. The van der Waals surface area contributed by atoms with Crippen LogP contribution < -0.4 is 10.6 Å². The van der Waals surface area contributed by atoms with Crippen molar-refractivity contribution in [1.29, 1.82) is 0 Å². The first-order chi connectivity index (χ1) is 14.5. The average molecular weight is 423 g/mol. The van der Waals surface area contributed by atoms with E-state index >= 15 is 0 Å². The fraction of sp³-hybridized carbons (Fsp3) is 0.136. The van der Waals surface area contributed by atoms with E-state index in [2.05, 4.69) is 22.7 Å². The first-order valence-electron chi connectivity index (χ1n) is 9.42. The van der Waals surface area contributed by atoms with Gasteiger partial charge in [-0.15, -0.1) is 0 Å². The fourth-order valence-corrected chi connectivity index (χ4v) is 3.59. The van der Waals surface area contributed by atoms with Crippen molar-refractivity contribution in [2.45, 2.75) is 19.4 Å². The van der Waals surface area contributed by atoms with Gasteiger partial charge in [0.1, 0.15) is 23.1 Å². The van der Waals surface area contributed by atoms with Crippen molar-refractivity contribution in [1.82, 2.24) is 9.78 Å². The number of anilines is 2. The number of aryl methyl sites for hydroxylation is 1. The smallest absolute Gasteiger partial charge is 0.352 e. The number of halogens is 1. The minimum absolute atomic E-state index is 0.0470. The molecular formula is C22H19ClN4O3. The van der Waals surface area contributed by atoms with Crippen molar-refractivity contribution < 1.29 is 14.7 Å². The molecule has 0 unspecified atom stereocenters. The Bertz CT molecular complexity index is 1150. The number of amides is 1. The second-order valence-electron chi connectivity index (χ2n) is 6.83. The van der Waals surface area contributed by atoms with Crippen LogP contribution >= 0.6 is 11.6 Å². The molecule has 0 fully saturated rings. The number of hydrogen-bond acceptors (Lipinski definition) is 4. The highest BCUT2D eigenvalue weighted by atomic mass is 35.5. The van der Waals surface area contributed by atoms with Crippen LogP contribution in [0.4, 0.5) is 11.5 Å². The lowest BCUT2D eigenvalue weighted by atomic mass is 10.0. The van der Waals surface area contributed by atoms with Crippen LogP contribution in [0.5, 0.6) is 0 Å². The maximum absolute atomic E-state index is 12.9. The molecule has 0 saturated carbocycles. The molecule has 0 aliphatic carbocycles. The summed E-state index contributed by atoms with van der Waals surface area (Å²) in [4.78, 5) is 24.6. The van der Waals surface area contributed by atoms with Crippen molar-refractivity contribution in [3.63, 3.8) is 0 Å². The Balaban J connectivity index is 1.70. The summed E-state index contributed by atoms with van der Waals surface area (Å²) in [5.41, 5.74) is 2.68. The predicted octanol–water partition coefficient (Wildman–Crippen LogP) is 4.33. The Kier molecular flexibility index (Phi) is 5.29. The highest BCUT2D eigenvalue weighted by molar-refractivity contribution is 6.31. The Hall–Kier alpha value is -3.58. The van der Waals surface area contributed by atoms with E-state index in [9.17, 15) is 14.7 Å². The molecule has 0 saturated heterocycles. The van der Waals surface area contributed by atoms with Gasteiger partial charge < -0.3 is 15.7 Å². The third kappa shape index (κ3) is 3.67. The zero-order valence-corrected chi connectivity index (χ0v) is 16.8. The first-order valence-corrected chi connectivity index (χ1v) is 9.80. The van der Waals surface area contributed by atoms with Crippen LogP contribution in [0.15, 0.2) is 66.5 Å². The third-order valence-corrected chi connectivity index (χ3v) is 5.30. The van der Waals surface area contributed by atoms with Crippen LogP contribution in [0.3, 0.4) is 0 Å². The van der Waals surface area contributed by atoms with Crippen molar-refractivity contribution in [2.24, 2.45) is 0 Å². The molecule has 1 aliphatic heterocycles. The zero-order valence-electron chi connectivity index (χ0n) is 16.1. The molecule has 2 aromatic carbocycles. The number of aliphatic carboxylic acids is 1. The first kappa shape index (κ1) is 19.7. The van der Waals surface area contributed by atoms with E-state index in [1.165, 1.54) is 12.3 Å². The van der Waals surface area contributed by atoms with Gasteiger partial charge in [0.25, 0.3) is 5.91 Å². The summed E-state index contributed by atoms with van der Waals surface area (Å²) in [5.74, 6) is -1.24. The van der Waals surface area contributed by atoms with Crippen molar-refractivity contribution in [3.8, 4) is 0 Å². The maximum Gasteiger partial charge on any atom is 0.352 e. The van der Waals surface area contributed by atoms with E-state index < -0.39 is 17.9 Å². The quantitative estimate of drug-likeness (QED) is 0.568. The van der Waals surface area contributed by atoms with Gasteiger partial charge in [0.05, 0.1) is 6.20 Å². The van der Waals surface area contributed by atoms with Gasteiger partial charge in [0.15, 0.2) is 0 Å². The lowest BCUT2D eigenvalue weighted by Gasteiger charge is -2.25.